The van der Waals surface area contributed by atoms with Crippen molar-refractivity contribution >= 4 is 11.0 Å². The predicted molar refractivity (Wildman–Crippen MR) is 139 cm³/mol. The zero-order chi connectivity index (χ0) is 24.1. The van der Waals surface area contributed by atoms with Crippen molar-refractivity contribution in [2.24, 2.45) is 0 Å². The zero-order valence-corrected chi connectivity index (χ0v) is 20.8. The van der Waals surface area contributed by atoms with E-state index in [1.165, 1.54) is 22.3 Å². The minimum atomic E-state index is 0.0292. The summed E-state index contributed by atoms with van der Waals surface area (Å²) in [6.45, 7) is 7.01. The molecule has 0 fully saturated rings. The van der Waals surface area contributed by atoms with Crippen molar-refractivity contribution in [2.45, 2.75) is 32.9 Å². The fourth-order valence-electron chi connectivity index (χ4n) is 4.35. The number of hydrogen-bond acceptors (Lipinski definition) is 3. The molecule has 1 aromatic heterocycles. The number of para-hydroxylation sites is 2. The minimum absolute atomic E-state index is 0.0292. The highest BCUT2D eigenvalue weighted by Gasteiger charge is 2.20. The molecule has 3 aromatic carbocycles. The Balaban J connectivity index is 1.72. The van der Waals surface area contributed by atoms with E-state index in [0.717, 1.165) is 24.0 Å². The molecule has 0 unspecified atom stereocenters. The Hall–Kier alpha value is -3.15. The number of nitrogens with zero attached hydrogens (tertiary/aromatic N) is 3. The molecular weight excluding hydrogens is 420 g/mol. The van der Waals surface area contributed by atoms with Crippen LogP contribution in [0.15, 0.2) is 72.8 Å². The quantitative estimate of drug-likeness (QED) is 0.343. The Labute approximate surface area is 202 Å². The summed E-state index contributed by atoms with van der Waals surface area (Å²) in [5.74, 6) is 0. The first kappa shape index (κ1) is 24.0. The predicted octanol–water partition coefficient (Wildman–Crippen LogP) is 4.95. The standard InChI is InChI=1S/C29H36N4O/c1-22-9-13-24(14-10-22)19-26(21-34-18-17-31(3)4)33-28-8-6-5-7-27(28)32(29(33)30)20-25-15-11-23(2)12-16-25/h5-16,26,30H,17-21H2,1-4H3/t26-/m0/s1. The maximum absolute atomic E-state index is 9.21. The van der Waals surface area contributed by atoms with Crippen LogP contribution in [0.3, 0.4) is 0 Å². The lowest BCUT2D eigenvalue weighted by molar-refractivity contribution is 0.0894. The molecule has 178 valence electrons. The first-order chi connectivity index (χ1) is 16.4. The third-order valence-electron chi connectivity index (χ3n) is 6.33. The summed E-state index contributed by atoms with van der Waals surface area (Å²) < 4.78 is 10.4. The molecule has 4 aromatic rings. The van der Waals surface area contributed by atoms with Crippen molar-refractivity contribution in [1.82, 2.24) is 14.0 Å². The van der Waals surface area contributed by atoms with E-state index in [1.807, 2.05) is 0 Å². The molecule has 1 atom stereocenters. The molecule has 34 heavy (non-hydrogen) atoms. The SMILES string of the molecule is Cc1ccc(C[C@@H](COCCN(C)C)n2c(=N)n(Cc3ccc(C)cc3)c3ccccc32)cc1. The maximum Gasteiger partial charge on any atom is 0.203 e. The molecule has 4 rings (SSSR count). The molecule has 0 aliphatic heterocycles. The number of fused-ring (bicyclic) bond motifs is 1. The van der Waals surface area contributed by atoms with Crippen LogP contribution in [0.4, 0.5) is 0 Å². The molecule has 0 aliphatic carbocycles. The second kappa shape index (κ2) is 10.9. The van der Waals surface area contributed by atoms with Gasteiger partial charge in [0.2, 0.25) is 5.62 Å². The van der Waals surface area contributed by atoms with E-state index >= 15 is 0 Å². The van der Waals surface area contributed by atoms with Gasteiger partial charge in [-0.1, -0.05) is 71.8 Å². The highest BCUT2D eigenvalue weighted by molar-refractivity contribution is 5.76. The van der Waals surface area contributed by atoms with Gasteiger partial charge in [0.15, 0.2) is 0 Å². The van der Waals surface area contributed by atoms with Crippen LogP contribution in [0, 0.1) is 19.3 Å². The number of benzene rings is 3. The number of rotatable bonds is 10. The van der Waals surface area contributed by atoms with E-state index in [4.69, 9.17) is 4.74 Å². The summed E-state index contributed by atoms with van der Waals surface area (Å²) >= 11 is 0. The van der Waals surface area contributed by atoms with Gasteiger partial charge >= 0.3 is 0 Å². The number of ether oxygens (including phenoxy) is 1. The van der Waals surface area contributed by atoms with Gasteiger partial charge in [-0.2, -0.15) is 0 Å². The third-order valence-corrected chi connectivity index (χ3v) is 6.33. The molecule has 5 heteroatoms. The topological polar surface area (TPSA) is 46.2 Å². The Kier molecular flexibility index (Phi) is 7.66. The van der Waals surface area contributed by atoms with Crippen LogP contribution < -0.4 is 5.62 Å². The maximum atomic E-state index is 9.21. The first-order valence-electron chi connectivity index (χ1n) is 12.0. The number of likely N-dealkylation sites (N-methyl/N-ethyl adjacent to an activating group) is 1. The number of aryl methyl sites for hydroxylation is 2. The molecule has 0 spiro atoms. The number of hydrogen-bond donors (Lipinski definition) is 1. The van der Waals surface area contributed by atoms with Gasteiger partial charge in [0.05, 0.1) is 36.8 Å². The van der Waals surface area contributed by atoms with Gasteiger partial charge in [0, 0.05) is 6.54 Å². The van der Waals surface area contributed by atoms with E-state index in [1.54, 1.807) is 0 Å². The van der Waals surface area contributed by atoms with Crippen LogP contribution in [0.25, 0.3) is 11.0 Å². The molecular formula is C29H36N4O. The summed E-state index contributed by atoms with van der Waals surface area (Å²) in [7, 11) is 4.12. The van der Waals surface area contributed by atoms with Crippen LogP contribution in [0.2, 0.25) is 0 Å². The van der Waals surface area contributed by atoms with Crippen molar-refractivity contribution in [3.63, 3.8) is 0 Å². The smallest absolute Gasteiger partial charge is 0.203 e. The van der Waals surface area contributed by atoms with E-state index in [-0.39, 0.29) is 6.04 Å². The summed E-state index contributed by atoms with van der Waals surface area (Å²) in [4.78, 5) is 2.13. The molecule has 0 bridgehead atoms. The average molecular weight is 457 g/mol. The van der Waals surface area contributed by atoms with Gasteiger partial charge < -0.3 is 18.8 Å². The molecule has 0 radical (unpaired) electrons. The molecule has 0 amide bonds. The average Bonchev–Trinajstić information content (AvgIpc) is 3.10. The summed E-state index contributed by atoms with van der Waals surface area (Å²) in [6.07, 6.45) is 0.817. The van der Waals surface area contributed by atoms with E-state index < -0.39 is 0 Å². The Morgan fingerprint density at radius 1 is 0.824 bits per heavy atom. The van der Waals surface area contributed by atoms with Crippen LogP contribution >= 0.6 is 0 Å². The Bertz CT molecular complexity index is 1270. The summed E-state index contributed by atoms with van der Waals surface area (Å²) in [6, 6.07) is 25.7. The van der Waals surface area contributed by atoms with Gasteiger partial charge in [0.25, 0.3) is 0 Å². The second-order valence-corrected chi connectivity index (χ2v) is 9.48. The molecule has 0 saturated heterocycles. The molecule has 0 saturated carbocycles. The molecule has 1 heterocycles. The summed E-state index contributed by atoms with van der Waals surface area (Å²) in [5, 5.41) is 9.21. The van der Waals surface area contributed by atoms with Crippen molar-refractivity contribution in [1.29, 1.82) is 5.41 Å². The van der Waals surface area contributed by atoms with Crippen molar-refractivity contribution in [3.05, 3.63) is 101 Å². The fraction of sp³-hybridized carbons (Fsp3) is 0.345. The van der Waals surface area contributed by atoms with Crippen LogP contribution in [0.1, 0.15) is 28.3 Å². The van der Waals surface area contributed by atoms with Gasteiger partial charge in [-0.15, -0.1) is 0 Å². The van der Waals surface area contributed by atoms with Crippen LogP contribution in [-0.4, -0.2) is 47.9 Å². The highest BCUT2D eigenvalue weighted by Crippen LogP contribution is 2.22. The van der Waals surface area contributed by atoms with Gasteiger partial charge in [-0.05, 0) is 57.6 Å². The lowest BCUT2D eigenvalue weighted by Gasteiger charge is -2.21. The lowest BCUT2D eigenvalue weighted by atomic mass is 10.0. The van der Waals surface area contributed by atoms with Crippen LogP contribution in [0.5, 0.6) is 0 Å². The Morgan fingerprint density at radius 3 is 2.03 bits per heavy atom. The minimum Gasteiger partial charge on any atom is -0.378 e. The van der Waals surface area contributed by atoms with Gasteiger partial charge in [-0.25, -0.2) is 0 Å². The van der Waals surface area contributed by atoms with Crippen molar-refractivity contribution in [3.8, 4) is 0 Å². The first-order valence-corrected chi connectivity index (χ1v) is 12.0. The summed E-state index contributed by atoms with van der Waals surface area (Å²) in [5.41, 5.74) is 7.62. The lowest BCUT2D eigenvalue weighted by Crippen LogP contribution is -2.32. The number of imidazole rings is 1. The van der Waals surface area contributed by atoms with Gasteiger partial charge in [0.1, 0.15) is 0 Å². The largest absolute Gasteiger partial charge is 0.378 e. The molecule has 1 N–H and O–H groups in total. The normalized spacial score (nSPS) is 12.5. The zero-order valence-electron chi connectivity index (χ0n) is 20.8. The van der Waals surface area contributed by atoms with E-state index in [2.05, 4.69) is 115 Å². The highest BCUT2D eigenvalue weighted by atomic mass is 16.5. The fourth-order valence-corrected chi connectivity index (χ4v) is 4.35. The molecule has 5 nitrogen and oxygen atoms in total. The van der Waals surface area contributed by atoms with E-state index in [0.29, 0.717) is 25.4 Å². The van der Waals surface area contributed by atoms with Gasteiger partial charge in [-0.3, -0.25) is 5.41 Å². The number of nitrogens with one attached hydrogen (secondary N) is 1. The van der Waals surface area contributed by atoms with Crippen molar-refractivity contribution in [2.75, 3.05) is 33.9 Å². The molecule has 0 aliphatic rings. The monoisotopic (exact) mass is 456 g/mol. The third kappa shape index (κ3) is 5.66. The van der Waals surface area contributed by atoms with Crippen LogP contribution in [-0.2, 0) is 17.7 Å². The van der Waals surface area contributed by atoms with Crippen molar-refractivity contribution < 1.29 is 4.74 Å². The van der Waals surface area contributed by atoms with E-state index in [9.17, 15) is 5.41 Å². The second-order valence-electron chi connectivity index (χ2n) is 9.48. The number of aromatic nitrogens is 2. The Morgan fingerprint density at radius 2 is 1.41 bits per heavy atom.